The summed E-state index contributed by atoms with van der Waals surface area (Å²) in [6.07, 6.45) is 2.10. The fraction of sp³-hybridized carbons (Fsp3) is 0.182. The Kier molecular flexibility index (Phi) is 7.60. The number of amides is 1. The van der Waals surface area contributed by atoms with E-state index in [0.29, 0.717) is 18.1 Å². The Morgan fingerprint density at radius 1 is 1.00 bits per heavy atom. The van der Waals surface area contributed by atoms with Crippen molar-refractivity contribution in [3.8, 4) is 5.69 Å². The lowest BCUT2D eigenvalue weighted by Gasteiger charge is -2.28. The van der Waals surface area contributed by atoms with Gasteiger partial charge in [0.05, 0.1) is 23.5 Å². The quantitative estimate of drug-likeness (QED) is 0.185. The fourth-order valence-corrected chi connectivity index (χ4v) is 6.64. The van der Waals surface area contributed by atoms with E-state index in [9.17, 15) is 4.79 Å². The minimum atomic E-state index is -0.155. The number of hydrogen-bond acceptors (Lipinski definition) is 3. The highest BCUT2D eigenvalue weighted by molar-refractivity contribution is 9.10. The number of para-hydroxylation sites is 1. The summed E-state index contributed by atoms with van der Waals surface area (Å²) in [4.78, 5) is 20.1. The van der Waals surface area contributed by atoms with Gasteiger partial charge < -0.3 is 20.1 Å². The summed E-state index contributed by atoms with van der Waals surface area (Å²) in [6, 6.07) is 30.1. The van der Waals surface area contributed by atoms with Gasteiger partial charge in [0.2, 0.25) is 5.91 Å². The Morgan fingerprint density at radius 3 is 2.56 bits per heavy atom. The predicted molar refractivity (Wildman–Crippen MR) is 172 cm³/mol. The number of pyridine rings is 1. The number of aryl methyl sites for hydroxylation is 1. The van der Waals surface area contributed by atoms with Crippen LogP contribution in [0.5, 0.6) is 0 Å². The van der Waals surface area contributed by atoms with Gasteiger partial charge in [0.25, 0.3) is 0 Å². The van der Waals surface area contributed by atoms with Gasteiger partial charge in [-0.3, -0.25) is 9.78 Å². The number of halogens is 1. The largest absolute Gasteiger partial charge is 0.352 e. The van der Waals surface area contributed by atoms with Crippen LogP contribution in [0.4, 0.5) is 5.69 Å². The molecule has 0 saturated carbocycles. The normalized spacial score (nSPS) is 16.7. The van der Waals surface area contributed by atoms with Crippen LogP contribution in [0.25, 0.3) is 16.5 Å². The van der Waals surface area contributed by atoms with E-state index < -0.39 is 0 Å². The summed E-state index contributed by atoms with van der Waals surface area (Å²) in [7, 11) is 0. The Hall–Kier alpha value is -4.01. The maximum Gasteiger partial charge on any atom is 0.226 e. The van der Waals surface area contributed by atoms with Gasteiger partial charge in [-0.25, -0.2) is 0 Å². The third kappa shape index (κ3) is 5.25. The van der Waals surface area contributed by atoms with Crippen LogP contribution in [0.2, 0.25) is 0 Å². The second-order valence-electron chi connectivity index (χ2n) is 10.3. The summed E-state index contributed by atoms with van der Waals surface area (Å²) in [5.41, 5.74) is 6.20. The van der Waals surface area contributed by atoms with Crippen molar-refractivity contribution in [3.05, 3.63) is 124 Å². The van der Waals surface area contributed by atoms with Gasteiger partial charge in [-0.15, -0.1) is 0 Å². The molecule has 1 fully saturated rings. The number of anilines is 1. The summed E-state index contributed by atoms with van der Waals surface area (Å²) in [6.45, 7) is 4.73. The summed E-state index contributed by atoms with van der Waals surface area (Å²) in [5.74, 6) is -0.0529. The van der Waals surface area contributed by atoms with Crippen LogP contribution in [0.15, 0.2) is 102 Å². The van der Waals surface area contributed by atoms with Gasteiger partial charge >= 0.3 is 0 Å². The zero-order valence-corrected chi connectivity index (χ0v) is 25.2. The minimum Gasteiger partial charge on any atom is -0.352 e. The molecule has 2 N–H and O–H groups in total. The van der Waals surface area contributed by atoms with Crippen molar-refractivity contribution in [3.63, 3.8) is 0 Å². The van der Waals surface area contributed by atoms with E-state index in [-0.39, 0.29) is 18.0 Å². The van der Waals surface area contributed by atoms with Crippen molar-refractivity contribution < 1.29 is 4.79 Å². The highest BCUT2D eigenvalue weighted by atomic mass is 79.9. The molecule has 6 nitrogen and oxygen atoms in total. The van der Waals surface area contributed by atoms with E-state index >= 15 is 0 Å². The lowest BCUT2D eigenvalue weighted by Crippen LogP contribution is -2.33. The van der Waals surface area contributed by atoms with E-state index in [2.05, 4.69) is 73.1 Å². The zero-order chi connectivity index (χ0) is 28.5. The lowest BCUT2D eigenvalue weighted by molar-refractivity contribution is -0.116. The average Bonchev–Trinajstić information content (AvgIpc) is 3.47. The molecule has 41 heavy (non-hydrogen) atoms. The zero-order valence-electron chi connectivity index (χ0n) is 22.8. The van der Waals surface area contributed by atoms with Crippen molar-refractivity contribution in [1.82, 2.24) is 19.8 Å². The molecule has 0 radical (unpaired) electrons. The number of thiocarbonyl (C=S) groups is 1. The number of hydrogen-bond donors (Lipinski definition) is 2. The first-order chi connectivity index (χ1) is 19.9. The molecule has 8 heteroatoms. The molecule has 0 aliphatic carbocycles. The monoisotopic (exact) mass is 623 g/mol. The Morgan fingerprint density at radius 2 is 1.76 bits per heavy atom. The molecule has 3 heterocycles. The molecule has 206 valence electrons. The smallest absolute Gasteiger partial charge is 0.226 e. The minimum absolute atomic E-state index is 0.0529. The third-order valence-corrected chi connectivity index (χ3v) is 8.75. The molecule has 2 atom stereocenters. The van der Waals surface area contributed by atoms with E-state index in [0.717, 1.165) is 49.3 Å². The molecule has 1 saturated heterocycles. The molecule has 0 unspecified atom stereocenters. The Bertz CT molecular complexity index is 1750. The van der Waals surface area contributed by atoms with Gasteiger partial charge in [0.15, 0.2) is 5.11 Å². The third-order valence-electron chi connectivity index (χ3n) is 7.72. The van der Waals surface area contributed by atoms with Crippen LogP contribution in [0, 0.1) is 13.8 Å². The second-order valence-corrected chi connectivity index (χ2v) is 11.5. The highest BCUT2D eigenvalue weighted by Crippen LogP contribution is 2.42. The van der Waals surface area contributed by atoms with Gasteiger partial charge in [0.1, 0.15) is 0 Å². The first-order valence-corrected chi connectivity index (χ1v) is 14.8. The summed E-state index contributed by atoms with van der Waals surface area (Å²) < 4.78 is 3.29. The molecule has 1 aliphatic rings. The van der Waals surface area contributed by atoms with Crippen LogP contribution in [0.1, 0.15) is 41.1 Å². The summed E-state index contributed by atoms with van der Waals surface area (Å²) >= 11 is 9.61. The molecule has 1 aliphatic heterocycles. The maximum atomic E-state index is 13.2. The van der Waals surface area contributed by atoms with Crippen LogP contribution in [-0.2, 0) is 4.79 Å². The van der Waals surface area contributed by atoms with Gasteiger partial charge in [-0.05, 0) is 89.3 Å². The lowest BCUT2D eigenvalue weighted by atomic mass is 9.96. The second kappa shape index (κ2) is 11.5. The standard InChI is InChI=1S/C33H30BrN5OS/c1-21-20-25(22(2)39(21)29-16-6-5-13-26(29)34)32-31(28-14-7-8-18-35-28)37-33(41)38(32)19-17-30(40)36-27-15-9-11-23-10-3-4-12-24(23)27/h3-16,18,20,31-32H,17,19H2,1-2H3,(H,36,40)(H,37,41)/t31-,32-/m0/s1. The molecule has 1 amide bonds. The van der Waals surface area contributed by atoms with Crippen LogP contribution < -0.4 is 10.6 Å². The van der Waals surface area contributed by atoms with Crippen LogP contribution in [-0.4, -0.2) is 32.0 Å². The SMILES string of the molecule is Cc1cc([C@H]2[C@H](c3ccccn3)NC(=S)N2CCC(=O)Nc2cccc3ccccc23)c(C)n1-c1ccccc1Br. The van der Waals surface area contributed by atoms with Crippen molar-refractivity contribution in [2.24, 2.45) is 0 Å². The van der Waals surface area contributed by atoms with E-state index in [1.165, 1.54) is 0 Å². The molecule has 0 bridgehead atoms. The molecule has 5 aromatic rings. The number of rotatable bonds is 7. The number of nitrogens with one attached hydrogen (secondary N) is 2. The molecule has 6 rings (SSSR count). The van der Waals surface area contributed by atoms with Gasteiger partial charge in [-0.2, -0.15) is 0 Å². The summed E-state index contributed by atoms with van der Waals surface area (Å²) in [5, 5.41) is 9.37. The first-order valence-electron chi connectivity index (χ1n) is 13.6. The first kappa shape index (κ1) is 27.2. The number of fused-ring (bicyclic) bond motifs is 1. The molecule has 3 aromatic carbocycles. The van der Waals surface area contributed by atoms with Crippen molar-refractivity contribution in [2.45, 2.75) is 32.4 Å². The number of aromatic nitrogens is 2. The fourth-order valence-electron chi connectivity index (χ4n) is 5.84. The maximum absolute atomic E-state index is 13.2. The van der Waals surface area contributed by atoms with Gasteiger partial charge in [-0.1, -0.05) is 54.6 Å². The van der Waals surface area contributed by atoms with E-state index in [1.807, 2.05) is 79.0 Å². The highest BCUT2D eigenvalue weighted by Gasteiger charge is 2.41. The molecule has 2 aromatic heterocycles. The van der Waals surface area contributed by atoms with Crippen LogP contribution >= 0.6 is 28.1 Å². The van der Waals surface area contributed by atoms with Crippen molar-refractivity contribution in [2.75, 3.05) is 11.9 Å². The van der Waals surface area contributed by atoms with Crippen molar-refractivity contribution in [1.29, 1.82) is 0 Å². The topological polar surface area (TPSA) is 62.2 Å². The number of carbonyl (C=O) groups excluding carboxylic acids is 1. The Labute approximate surface area is 253 Å². The average molecular weight is 625 g/mol. The van der Waals surface area contributed by atoms with E-state index in [4.69, 9.17) is 12.2 Å². The van der Waals surface area contributed by atoms with Crippen LogP contribution in [0.3, 0.4) is 0 Å². The Balaban J connectivity index is 1.32. The van der Waals surface area contributed by atoms with Gasteiger partial charge in [0, 0.05) is 46.1 Å². The van der Waals surface area contributed by atoms with E-state index in [1.54, 1.807) is 0 Å². The number of nitrogens with zero attached hydrogens (tertiary/aromatic N) is 3. The molecule has 0 spiro atoms. The molecular weight excluding hydrogens is 594 g/mol. The predicted octanol–water partition coefficient (Wildman–Crippen LogP) is 7.41. The number of carbonyl (C=O) groups is 1. The molecular formula is C33H30BrN5OS. The number of benzene rings is 3. The van der Waals surface area contributed by atoms with Crippen molar-refractivity contribution >= 4 is 55.6 Å².